The first-order chi connectivity index (χ1) is 11.2. The molecule has 2 rings (SSSR count). The van der Waals surface area contributed by atoms with Gasteiger partial charge in [-0.1, -0.05) is 20.8 Å². The number of nitrogens with one attached hydrogen (secondary N) is 1. The number of methoxy groups -OCH3 is 2. The zero-order valence-corrected chi connectivity index (χ0v) is 15.6. The Morgan fingerprint density at radius 2 is 1.79 bits per heavy atom. The summed E-state index contributed by atoms with van der Waals surface area (Å²) in [5.41, 5.74) is 0.568. The molecule has 1 N–H and O–H groups in total. The zero-order valence-electron chi connectivity index (χ0n) is 15.6. The molecule has 1 aromatic heterocycles. The van der Waals surface area contributed by atoms with Gasteiger partial charge in [0.1, 0.15) is 5.82 Å². The topological polar surface area (TPSA) is 67.5 Å². The highest BCUT2D eigenvalue weighted by Crippen LogP contribution is 2.30. The van der Waals surface area contributed by atoms with Gasteiger partial charge >= 0.3 is 0 Å². The van der Waals surface area contributed by atoms with Gasteiger partial charge in [-0.3, -0.25) is 9.69 Å². The van der Waals surface area contributed by atoms with Crippen molar-refractivity contribution in [3.63, 3.8) is 0 Å². The van der Waals surface area contributed by atoms with Crippen molar-refractivity contribution in [2.75, 3.05) is 21.3 Å². The Labute approximate surface area is 142 Å². The molecule has 0 aliphatic carbocycles. The lowest BCUT2D eigenvalue weighted by molar-refractivity contribution is 0.132. The van der Waals surface area contributed by atoms with E-state index in [-0.39, 0.29) is 11.0 Å². The van der Waals surface area contributed by atoms with Crippen molar-refractivity contribution in [3.05, 3.63) is 28.3 Å². The van der Waals surface area contributed by atoms with Crippen LogP contribution in [0.3, 0.4) is 0 Å². The highest BCUT2D eigenvalue weighted by atomic mass is 16.5. The molecule has 24 heavy (non-hydrogen) atoms. The van der Waals surface area contributed by atoms with Gasteiger partial charge in [-0.25, -0.2) is 4.98 Å². The number of benzene rings is 1. The van der Waals surface area contributed by atoms with Gasteiger partial charge in [0, 0.05) is 12.1 Å². The zero-order chi connectivity index (χ0) is 18.1. The molecule has 1 heterocycles. The van der Waals surface area contributed by atoms with Gasteiger partial charge < -0.3 is 14.5 Å². The number of nitrogens with zero attached hydrogens (tertiary/aromatic N) is 2. The van der Waals surface area contributed by atoms with E-state index in [1.807, 2.05) is 7.05 Å². The van der Waals surface area contributed by atoms with Gasteiger partial charge in [0.25, 0.3) is 5.56 Å². The van der Waals surface area contributed by atoms with Gasteiger partial charge in [-0.05, 0) is 25.5 Å². The second-order valence-corrected chi connectivity index (χ2v) is 7.19. The second kappa shape index (κ2) is 6.81. The average molecular weight is 333 g/mol. The minimum atomic E-state index is -0.173. The lowest BCUT2D eigenvalue weighted by Crippen LogP contribution is -2.39. The standard InChI is InChI=1S/C18H27N3O3/c1-11(18(2,3)4)21(5)10-16-19-13-9-15(24-7)14(23-6)8-12(13)17(22)20-16/h8-9,11H,10H2,1-7H3,(H,19,20,22). The van der Waals surface area contributed by atoms with Crippen molar-refractivity contribution >= 4 is 10.9 Å². The molecule has 0 radical (unpaired) electrons. The number of H-pyrrole nitrogens is 1. The number of fused-ring (bicyclic) bond motifs is 1. The molecule has 1 unspecified atom stereocenters. The summed E-state index contributed by atoms with van der Waals surface area (Å²) < 4.78 is 10.5. The molecule has 2 aromatic rings. The van der Waals surface area contributed by atoms with Crippen molar-refractivity contribution in [3.8, 4) is 11.5 Å². The Hall–Kier alpha value is -2.08. The first kappa shape index (κ1) is 18.3. The van der Waals surface area contributed by atoms with E-state index in [9.17, 15) is 4.79 Å². The first-order valence-electron chi connectivity index (χ1n) is 8.02. The molecule has 0 aliphatic rings. The maximum atomic E-state index is 12.4. The second-order valence-electron chi connectivity index (χ2n) is 7.19. The molecule has 6 nitrogen and oxygen atoms in total. The third-order valence-corrected chi connectivity index (χ3v) is 4.57. The maximum absolute atomic E-state index is 12.4. The van der Waals surface area contributed by atoms with Crippen molar-refractivity contribution in [1.82, 2.24) is 14.9 Å². The van der Waals surface area contributed by atoms with E-state index < -0.39 is 0 Å². The van der Waals surface area contributed by atoms with E-state index in [0.717, 1.165) is 0 Å². The predicted octanol–water partition coefficient (Wildman–Crippen LogP) is 2.81. The molecule has 0 saturated heterocycles. The number of aromatic nitrogens is 2. The molecule has 0 amide bonds. The molecular formula is C18H27N3O3. The van der Waals surface area contributed by atoms with Gasteiger partial charge in [0.05, 0.1) is 31.7 Å². The molecule has 0 bridgehead atoms. The summed E-state index contributed by atoms with van der Waals surface area (Å²) >= 11 is 0. The van der Waals surface area contributed by atoms with Crippen LogP contribution in [0, 0.1) is 5.41 Å². The molecule has 1 aromatic carbocycles. The largest absolute Gasteiger partial charge is 0.493 e. The molecular weight excluding hydrogens is 306 g/mol. The lowest BCUT2D eigenvalue weighted by Gasteiger charge is -2.35. The highest BCUT2D eigenvalue weighted by molar-refractivity contribution is 5.81. The minimum Gasteiger partial charge on any atom is -0.493 e. The van der Waals surface area contributed by atoms with Crippen LogP contribution in [0.25, 0.3) is 10.9 Å². The summed E-state index contributed by atoms with van der Waals surface area (Å²) in [6.07, 6.45) is 0. The minimum absolute atomic E-state index is 0.141. The van der Waals surface area contributed by atoms with Crippen LogP contribution in [0.1, 0.15) is 33.5 Å². The summed E-state index contributed by atoms with van der Waals surface area (Å²) in [4.78, 5) is 22.1. The van der Waals surface area contributed by atoms with E-state index in [1.165, 1.54) is 0 Å². The summed E-state index contributed by atoms with van der Waals surface area (Å²) in [6.45, 7) is 9.33. The van der Waals surface area contributed by atoms with Crippen LogP contribution >= 0.6 is 0 Å². The molecule has 0 spiro atoms. The molecule has 6 heteroatoms. The molecule has 0 fully saturated rings. The fourth-order valence-electron chi connectivity index (χ4n) is 2.62. The van der Waals surface area contributed by atoms with Crippen molar-refractivity contribution < 1.29 is 9.47 Å². The van der Waals surface area contributed by atoms with E-state index in [0.29, 0.717) is 40.8 Å². The highest BCUT2D eigenvalue weighted by Gasteiger charge is 2.24. The third-order valence-electron chi connectivity index (χ3n) is 4.57. The van der Waals surface area contributed by atoms with Crippen LogP contribution in [-0.2, 0) is 6.54 Å². The van der Waals surface area contributed by atoms with Gasteiger partial charge in [-0.15, -0.1) is 0 Å². The Morgan fingerprint density at radius 1 is 1.21 bits per heavy atom. The lowest BCUT2D eigenvalue weighted by atomic mass is 9.87. The smallest absolute Gasteiger partial charge is 0.258 e. The monoisotopic (exact) mass is 333 g/mol. The van der Waals surface area contributed by atoms with Crippen molar-refractivity contribution in [2.24, 2.45) is 5.41 Å². The SMILES string of the molecule is COc1cc2nc(CN(C)C(C)C(C)(C)C)[nH]c(=O)c2cc1OC. The summed E-state index contributed by atoms with van der Waals surface area (Å²) in [7, 11) is 5.15. The predicted molar refractivity (Wildman–Crippen MR) is 95.9 cm³/mol. The van der Waals surface area contributed by atoms with E-state index >= 15 is 0 Å². The number of hydrogen-bond acceptors (Lipinski definition) is 5. The van der Waals surface area contributed by atoms with Crippen LogP contribution in [0.4, 0.5) is 0 Å². The van der Waals surface area contributed by atoms with Crippen molar-refractivity contribution in [1.29, 1.82) is 0 Å². The number of aromatic amines is 1. The van der Waals surface area contributed by atoms with E-state index in [1.54, 1.807) is 26.4 Å². The Balaban J connectivity index is 2.41. The van der Waals surface area contributed by atoms with Gasteiger partial charge in [0.2, 0.25) is 0 Å². The van der Waals surface area contributed by atoms with Gasteiger partial charge in [0.15, 0.2) is 11.5 Å². The van der Waals surface area contributed by atoms with Crippen molar-refractivity contribution in [2.45, 2.75) is 40.3 Å². The molecule has 0 saturated carbocycles. The number of rotatable bonds is 5. The van der Waals surface area contributed by atoms with Crippen LogP contribution < -0.4 is 15.0 Å². The maximum Gasteiger partial charge on any atom is 0.258 e. The van der Waals surface area contributed by atoms with E-state index in [4.69, 9.17) is 9.47 Å². The first-order valence-corrected chi connectivity index (χ1v) is 8.02. The Bertz CT molecular complexity index is 777. The normalized spacial score (nSPS) is 13.3. The van der Waals surface area contributed by atoms with Gasteiger partial charge in [-0.2, -0.15) is 0 Å². The van der Waals surface area contributed by atoms with Crippen LogP contribution in [-0.4, -0.2) is 42.2 Å². The quantitative estimate of drug-likeness (QED) is 0.911. The average Bonchev–Trinajstić information content (AvgIpc) is 2.51. The Morgan fingerprint density at radius 3 is 2.33 bits per heavy atom. The number of ether oxygens (including phenoxy) is 2. The number of hydrogen-bond donors (Lipinski definition) is 1. The summed E-state index contributed by atoms with van der Waals surface area (Å²) in [5, 5.41) is 0.489. The van der Waals surface area contributed by atoms with Crippen LogP contribution in [0.15, 0.2) is 16.9 Å². The fraction of sp³-hybridized carbons (Fsp3) is 0.556. The van der Waals surface area contributed by atoms with Crippen LogP contribution in [0.5, 0.6) is 11.5 Å². The summed E-state index contributed by atoms with van der Waals surface area (Å²) in [5.74, 6) is 1.72. The summed E-state index contributed by atoms with van der Waals surface area (Å²) in [6, 6.07) is 3.73. The molecule has 0 aliphatic heterocycles. The van der Waals surface area contributed by atoms with E-state index in [2.05, 4.69) is 42.6 Å². The molecule has 132 valence electrons. The van der Waals surface area contributed by atoms with Crippen LogP contribution in [0.2, 0.25) is 0 Å². The fourth-order valence-corrected chi connectivity index (χ4v) is 2.62. The Kier molecular flexibility index (Phi) is 5.18. The molecule has 1 atom stereocenters. The third kappa shape index (κ3) is 3.70.